The number of ether oxygens (including phenoxy) is 1. The van der Waals surface area contributed by atoms with Crippen LogP contribution in [-0.4, -0.2) is 36.7 Å². The monoisotopic (exact) mass is 259 g/mol. The van der Waals surface area contributed by atoms with Crippen LogP contribution >= 0.6 is 0 Å². The van der Waals surface area contributed by atoms with Crippen molar-refractivity contribution in [3.63, 3.8) is 0 Å². The van der Waals surface area contributed by atoms with Crippen LogP contribution in [0.4, 0.5) is 5.69 Å². The lowest BCUT2D eigenvalue weighted by molar-refractivity contribution is -0.118. The Hall–Kier alpha value is -1.85. The molecule has 1 amide bonds. The highest BCUT2D eigenvalue weighted by molar-refractivity contribution is 5.97. The molecule has 0 saturated carbocycles. The summed E-state index contributed by atoms with van der Waals surface area (Å²) in [6.07, 6.45) is 2.73. The van der Waals surface area contributed by atoms with E-state index in [1.165, 1.54) is 0 Å². The number of aromatic amines is 1. The molecule has 3 rings (SSSR count). The van der Waals surface area contributed by atoms with Crippen LogP contribution in [0.2, 0.25) is 0 Å². The summed E-state index contributed by atoms with van der Waals surface area (Å²) in [5.74, 6) is -0.00515. The summed E-state index contributed by atoms with van der Waals surface area (Å²) in [5, 5.41) is 7.20. The van der Waals surface area contributed by atoms with Gasteiger partial charge in [0.2, 0.25) is 5.91 Å². The van der Waals surface area contributed by atoms with Crippen LogP contribution < -0.4 is 10.6 Å². The number of methoxy groups -OCH3 is 1. The first-order valence-electron chi connectivity index (χ1n) is 6.40. The molecule has 2 aromatic rings. The van der Waals surface area contributed by atoms with Gasteiger partial charge in [-0.15, -0.1) is 0 Å². The number of carbonyl (C=O) groups excluding carboxylic acids is 1. The number of hydrogen-bond donors (Lipinski definition) is 3. The largest absolute Gasteiger partial charge is 0.380 e. The highest BCUT2D eigenvalue weighted by Crippen LogP contribution is 2.19. The molecule has 0 radical (unpaired) electrons. The van der Waals surface area contributed by atoms with Crippen molar-refractivity contribution in [1.29, 1.82) is 0 Å². The molecule has 1 aromatic carbocycles. The van der Waals surface area contributed by atoms with Crippen molar-refractivity contribution < 1.29 is 9.53 Å². The first-order valence-corrected chi connectivity index (χ1v) is 6.40. The summed E-state index contributed by atoms with van der Waals surface area (Å²) in [6.45, 7) is 0.728. The van der Waals surface area contributed by atoms with Crippen LogP contribution in [0.5, 0.6) is 0 Å². The molecule has 5 nitrogen and oxygen atoms in total. The third kappa shape index (κ3) is 2.47. The maximum absolute atomic E-state index is 12.1. The Balaban J connectivity index is 1.68. The highest BCUT2D eigenvalue weighted by atomic mass is 16.5. The average molecular weight is 259 g/mol. The maximum Gasteiger partial charge on any atom is 0.241 e. The Morgan fingerprint density at radius 2 is 2.32 bits per heavy atom. The molecule has 19 heavy (non-hydrogen) atoms. The summed E-state index contributed by atoms with van der Waals surface area (Å²) in [6, 6.07) is 7.64. The second-order valence-corrected chi connectivity index (χ2v) is 4.82. The predicted octanol–water partition coefficient (Wildman–Crippen LogP) is 1.48. The van der Waals surface area contributed by atoms with Crippen molar-refractivity contribution in [2.24, 2.45) is 0 Å². The Morgan fingerprint density at radius 1 is 1.42 bits per heavy atom. The van der Waals surface area contributed by atoms with Gasteiger partial charge in [0.15, 0.2) is 0 Å². The second-order valence-electron chi connectivity index (χ2n) is 4.82. The zero-order chi connectivity index (χ0) is 13.2. The minimum absolute atomic E-state index is 0.00515. The Labute approximate surface area is 111 Å². The Morgan fingerprint density at radius 3 is 3.11 bits per heavy atom. The van der Waals surface area contributed by atoms with Gasteiger partial charge in [0, 0.05) is 36.4 Å². The maximum atomic E-state index is 12.1. The number of aromatic nitrogens is 1. The van der Waals surface area contributed by atoms with Gasteiger partial charge in [0.05, 0.1) is 12.1 Å². The van der Waals surface area contributed by atoms with Crippen LogP contribution in [0.25, 0.3) is 10.9 Å². The Kier molecular flexibility index (Phi) is 3.23. The van der Waals surface area contributed by atoms with Gasteiger partial charge in [-0.3, -0.25) is 4.79 Å². The summed E-state index contributed by atoms with van der Waals surface area (Å²) in [7, 11) is 1.67. The van der Waals surface area contributed by atoms with E-state index in [0.29, 0.717) is 6.42 Å². The lowest BCUT2D eigenvalue weighted by Crippen LogP contribution is -2.35. The normalized spacial score (nSPS) is 22.8. The lowest BCUT2D eigenvalue weighted by Gasteiger charge is -2.11. The molecule has 1 aliphatic heterocycles. The summed E-state index contributed by atoms with van der Waals surface area (Å²) in [4.78, 5) is 15.2. The molecule has 100 valence electrons. The number of anilines is 1. The fourth-order valence-corrected chi connectivity index (χ4v) is 2.44. The number of carbonyl (C=O) groups is 1. The van der Waals surface area contributed by atoms with Gasteiger partial charge in [0.1, 0.15) is 0 Å². The molecule has 2 atom stereocenters. The van der Waals surface area contributed by atoms with Gasteiger partial charge in [0.25, 0.3) is 0 Å². The van der Waals surface area contributed by atoms with E-state index in [4.69, 9.17) is 4.74 Å². The van der Waals surface area contributed by atoms with Crippen molar-refractivity contribution in [3.8, 4) is 0 Å². The van der Waals surface area contributed by atoms with E-state index in [2.05, 4.69) is 15.6 Å². The molecule has 2 unspecified atom stereocenters. The van der Waals surface area contributed by atoms with E-state index in [-0.39, 0.29) is 18.1 Å². The zero-order valence-corrected chi connectivity index (χ0v) is 10.8. The molecule has 2 heterocycles. The number of nitrogens with one attached hydrogen (secondary N) is 3. The number of H-pyrrole nitrogens is 1. The molecule has 1 aliphatic rings. The molecule has 0 bridgehead atoms. The van der Waals surface area contributed by atoms with Crippen molar-refractivity contribution in [2.45, 2.75) is 18.6 Å². The molecule has 0 aliphatic carbocycles. The smallest absolute Gasteiger partial charge is 0.241 e. The number of rotatable bonds is 3. The topological polar surface area (TPSA) is 66.2 Å². The molecule has 1 fully saturated rings. The van der Waals surface area contributed by atoms with E-state index in [9.17, 15) is 4.79 Å². The minimum atomic E-state index is -0.174. The Bertz CT molecular complexity index is 593. The molecule has 0 spiro atoms. The van der Waals surface area contributed by atoms with Gasteiger partial charge < -0.3 is 20.4 Å². The number of amides is 1. The van der Waals surface area contributed by atoms with E-state index < -0.39 is 0 Å². The van der Waals surface area contributed by atoms with Gasteiger partial charge in [-0.2, -0.15) is 0 Å². The van der Waals surface area contributed by atoms with E-state index in [1.54, 1.807) is 7.11 Å². The lowest BCUT2D eigenvalue weighted by atomic mass is 10.1. The van der Waals surface area contributed by atoms with E-state index in [1.807, 2.05) is 30.5 Å². The number of hydrogen-bond acceptors (Lipinski definition) is 3. The summed E-state index contributed by atoms with van der Waals surface area (Å²) in [5.41, 5.74) is 1.89. The van der Waals surface area contributed by atoms with Crippen molar-refractivity contribution in [1.82, 2.24) is 10.3 Å². The first kappa shape index (κ1) is 12.2. The first-order chi connectivity index (χ1) is 9.26. The molecule has 5 heteroatoms. The molecular weight excluding hydrogens is 242 g/mol. The molecule has 1 saturated heterocycles. The third-order valence-corrected chi connectivity index (χ3v) is 3.56. The van der Waals surface area contributed by atoms with Gasteiger partial charge in [-0.25, -0.2) is 0 Å². The standard InChI is InChI=1S/C14H17N3O2/c1-19-11-7-13(16-8-11)14(18)17-10-2-3-12-9(6-10)4-5-15-12/h2-6,11,13,15-16H,7-8H2,1H3,(H,17,18). The number of benzene rings is 1. The van der Waals surface area contributed by atoms with Crippen molar-refractivity contribution >= 4 is 22.5 Å². The minimum Gasteiger partial charge on any atom is -0.380 e. The van der Waals surface area contributed by atoms with E-state index >= 15 is 0 Å². The molecular formula is C14H17N3O2. The molecule has 1 aromatic heterocycles. The van der Waals surface area contributed by atoms with Gasteiger partial charge >= 0.3 is 0 Å². The average Bonchev–Trinajstić information content (AvgIpc) is 3.06. The predicted molar refractivity (Wildman–Crippen MR) is 74.1 cm³/mol. The highest BCUT2D eigenvalue weighted by Gasteiger charge is 2.29. The van der Waals surface area contributed by atoms with Gasteiger partial charge in [-0.05, 0) is 30.7 Å². The van der Waals surface area contributed by atoms with Crippen LogP contribution in [0.3, 0.4) is 0 Å². The fourth-order valence-electron chi connectivity index (χ4n) is 2.44. The van der Waals surface area contributed by atoms with Gasteiger partial charge in [-0.1, -0.05) is 0 Å². The second kappa shape index (κ2) is 5.03. The number of fused-ring (bicyclic) bond motifs is 1. The SMILES string of the molecule is COC1CNC(C(=O)Nc2ccc3[nH]ccc3c2)C1. The van der Waals surface area contributed by atoms with Crippen LogP contribution in [0.15, 0.2) is 30.5 Å². The summed E-state index contributed by atoms with van der Waals surface area (Å²) < 4.78 is 5.24. The third-order valence-electron chi connectivity index (χ3n) is 3.56. The molecule has 3 N–H and O–H groups in total. The van der Waals surface area contributed by atoms with Crippen LogP contribution in [-0.2, 0) is 9.53 Å². The van der Waals surface area contributed by atoms with Crippen molar-refractivity contribution in [3.05, 3.63) is 30.5 Å². The van der Waals surface area contributed by atoms with Crippen LogP contribution in [0, 0.1) is 0 Å². The summed E-state index contributed by atoms with van der Waals surface area (Å²) >= 11 is 0. The quantitative estimate of drug-likeness (QED) is 0.782. The fraction of sp³-hybridized carbons (Fsp3) is 0.357. The van der Waals surface area contributed by atoms with E-state index in [0.717, 1.165) is 23.1 Å². The van der Waals surface area contributed by atoms with Crippen LogP contribution in [0.1, 0.15) is 6.42 Å². The zero-order valence-electron chi connectivity index (χ0n) is 10.8. The van der Waals surface area contributed by atoms with Crippen molar-refractivity contribution in [2.75, 3.05) is 19.0 Å².